The lowest BCUT2D eigenvalue weighted by Crippen LogP contribution is -2.31. The van der Waals surface area contributed by atoms with Gasteiger partial charge in [-0.2, -0.15) is 0 Å². The minimum Gasteiger partial charge on any atom is -0.270 e. The van der Waals surface area contributed by atoms with Gasteiger partial charge in [0.05, 0.1) is 0 Å². The highest BCUT2D eigenvalue weighted by atomic mass is 15.2. The molecule has 1 heterocycles. The van der Waals surface area contributed by atoms with E-state index >= 15 is 0 Å². The van der Waals surface area contributed by atoms with Crippen LogP contribution in [0.3, 0.4) is 0 Å². The van der Waals surface area contributed by atoms with E-state index < -0.39 is 0 Å². The summed E-state index contributed by atoms with van der Waals surface area (Å²) >= 11 is 0. The first-order valence-corrected chi connectivity index (χ1v) is 5.75. The van der Waals surface area contributed by atoms with Crippen LogP contribution in [-0.4, -0.2) is 9.97 Å². The van der Waals surface area contributed by atoms with Gasteiger partial charge in [-0.25, -0.2) is 15.4 Å². The van der Waals surface area contributed by atoms with Crippen molar-refractivity contribution >= 4 is 0 Å². The van der Waals surface area contributed by atoms with Crippen LogP contribution in [-0.2, 0) is 0 Å². The van der Waals surface area contributed by atoms with Crippen LogP contribution in [0.5, 0.6) is 0 Å². The first kappa shape index (κ1) is 11.2. The Bertz CT molecular complexity index is 369. The molecule has 16 heavy (non-hydrogen) atoms. The molecule has 0 saturated carbocycles. The Labute approximate surface area is 96.0 Å². The van der Waals surface area contributed by atoms with E-state index in [9.17, 15) is 0 Å². The van der Waals surface area contributed by atoms with Crippen molar-refractivity contribution in [2.45, 2.75) is 38.6 Å². The van der Waals surface area contributed by atoms with Crippen LogP contribution in [0.15, 0.2) is 24.0 Å². The summed E-state index contributed by atoms with van der Waals surface area (Å²) in [6.07, 6.45) is 10.7. The topological polar surface area (TPSA) is 63.8 Å². The van der Waals surface area contributed by atoms with E-state index in [4.69, 9.17) is 5.84 Å². The highest BCUT2D eigenvalue weighted by Gasteiger charge is 2.18. The van der Waals surface area contributed by atoms with Crippen molar-refractivity contribution in [2.24, 2.45) is 5.84 Å². The van der Waals surface area contributed by atoms with Crippen LogP contribution in [0, 0.1) is 6.92 Å². The van der Waals surface area contributed by atoms with Gasteiger partial charge in [-0.15, -0.1) is 0 Å². The molecule has 0 spiro atoms. The van der Waals surface area contributed by atoms with E-state index in [1.165, 1.54) is 18.4 Å². The normalized spacial score (nSPS) is 18.0. The molecule has 1 aliphatic carbocycles. The number of hydrazine groups is 1. The second-order valence-corrected chi connectivity index (χ2v) is 4.24. The van der Waals surface area contributed by atoms with Gasteiger partial charge in [0.1, 0.15) is 6.04 Å². The molecule has 1 atom stereocenters. The van der Waals surface area contributed by atoms with E-state index in [2.05, 4.69) is 21.5 Å². The number of nitrogens with one attached hydrogen (secondary N) is 1. The molecule has 0 bridgehead atoms. The maximum Gasteiger partial charge on any atom is 0.150 e. The standard InChI is InChI=1S/C12H18N4/c1-9-7-14-12(15-8-9)11(16-13)10-5-3-2-4-6-10/h5,7-8,11,16H,2-4,6,13H2,1H3. The Morgan fingerprint density at radius 2 is 2.06 bits per heavy atom. The fraction of sp³-hybridized carbons (Fsp3) is 0.500. The monoisotopic (exact) mass is 218 g/mol. The second-order valence-electron chi connectivity index (χ2n) is 4.24. The van der Waals surface area contributed by atoms with E-state index in [0.717, 1.165) is 24.2 Å². The Balaban J connectivity index is 2.21. The number of rotatable bonds is 3. The van der Waals surface area contributed by atoms with Gasteiger partial charge >= 0.3 is 0 Å². The first-order valence-electron chi connectivity index (χ1n) is 5.75. The smallest absolute Gasteiger partial charge is 0.150 e. The zero-order valence-electron chi connectivity index (χ0n) is 9.61. The van der Waals surface area contributed by atoms with Crippen molar-refractivity contribution in [3.8, 4) is 0 Å². The van der Waals surface area contributed by atoms with Crippen LogP contribution in [0.1, 0.15) is 43.1 Å². The lowest BCUT2D eigenvalue weighted by molar-refractivity contribution is 0.542. The Hall–Kier alpha value is -1.26. The highest BCUT2D eigenvalue weighted by Crippen LogP contribution is 2.27. The summed E-state index contributed by atoms with van der Waals surface area (Å²) in [5.41, 5.74) is 5.20. The molecule has 4 heteroatoms. The van der Waals surface area contributed by atoms with E-state index in [1.807, 2.05) is 19.3 Å². The molecule has 0 amide bonds. The highest BCUT2D eigenvalue weighted by molar-refractivity contribution is 5.19. The third kappa shape index (κ3) is 2.46. The minimum atomic E-state index is -0.0269. The van der Waals surface area contributed by atoms with Crippen LogP contribution in [0.4, 0.5) is 0 Å². The maximum absolute atomic E-state index is 5.60. The molecule has 86 valence electrons. The van der Waals surface area contributed by atoms with Gasteiger partial charge < -0.3 is 0 Å². The van der Waals surface area contributed by atoms with Gasteiger partial charge in [-0.3, -0.25) is 5.84 Å². The molecular formula is C12H18N4. The first-order chi connectivity index (χ1) is 7.81. The maximum atomic E-state index is 5.60. The molecule has 0 aromatic carbocycles. The van der Waals surface area contributed by atoms with Crippen molar-refractivity contribution in [2.75, 3.05) is 0 Å². The minimum absolute atomic E-state index is 0.0269. The number of nitrogens with two attached hydrogens (primary N) is 1. The summed E-state index contributed by atoms with van der Waals surface area (Å²) < 4.78 is 0. The van der Waals surface area contributed by atoms with Crippen LogP contribution in [0.2, 0.25) is 0 Å². The van der Waals surface area contributed by atoms with Gasteiger partial charge in [-0.05, 0) is 43.7 Å². The van der Waals surface area contributed by atoms with Gasteiger partial charge in [0.15, 0.2) is 5.82 Å². The average molecular weight is 218 g/mol. The predicted octanol–water partition coefficient (Wildman–Crippen LogP) is 1.79. The third-order valence-corrected chi connectivity index (χ3v) is 2.92. The number of allylic oxidation sites excluding steroid dienone is 1. The van der Waals surface area contributed by atoms with E-state index in [0.29, 0.717) is 0 Å². The average Bonchev–Trinajstić information content (AvgIpc) is 2.34. The molecule has 0 saturated heterocycles. The molecule has 4 nitrogen and oxygen atoms in total. The molecule has 0 aliphatic heterocycles. The molecule has 1 aromatic rings. The molecule has 1 unspecified atom stereocenters. The molecule has 2 rings (SSSR count). The van der Waals surface area contributed by atoms with Crippen molar-refractivity contribution in [3.05, 3.63) is 35.4 Å². The Morgan fingerprint density at radius 3 is 2.62 bits per heavy atom. The molecule has 0 fully saturated rings. The number of hydrogen-bond donors (Lipinski definition) is 2. The summed E-state index contributed by atoms with van der Waals surface area (Å²) in [6.45, 7) is 1.98. The zero-order chi connectivity index (χ0) is 11.4. The lowest BCUT2D eigenvalue weighted by Gasteiger charge is -2.21. The fourth-order valence-corrected chi connectivity index (χ4v) is 2.02. The van der Waals surface area contributed by atoms with Crippen molar-refractivity contribution < 1.29 is 0 Å². The number of aromatic nitrogens is 2. The summed E-state index contributed by atoms with van der Waals surface area (Å²) in [6, 6.07) is -0.0269. The van der Waals surface area contributed by atoms with E-state index in [1.54, 1.807) is 0 Å². The van der Waals surface area contributed by atoms with Gasteiger partial charge in [0, 0.05) is 12.4 Å². The number of nitrogens with zero attached hydrogens (tertiary/aromatic N) is 2. The predicted molar refractivity (Wildman–Crippen MR) is 63.4 cm³/mol. The largest absolute Gasteiger partial charge is 0.270 e. The Morgan fingerprint density at radius 1 is 1.31 bits per heavy atom. The third-order valence-electron chi connectivity index (χ3n) is 2.92. The summed E-state index contributed by atoms with van der Waals surface area (Å²) in [5, 5.41) is 0. The van der Waals surface area contributed by atoms with Crippen molar-refractivity contribution in [3.63, 3.8) is 0 Å². The number of aryl methyl sites for hydroxylation is 1. The quantitative estimate of drug-likeness (QED) is 0.461. The molecular weight excluding hydrogens is 200 g/mol. The van der Waals surface area contributed by atoms with E-state index in [-0.39, 0.29) is 6.04 Å². The van der Waals surface area contributed by atoms with Gasteiger partial charge in [-0.1, -0.05) is 6.08 Å². The second kappa shape index (κ2) is 5.18. The van der Waals surface area contributed by atoms with Crippen molar-refractivity contribution in [1.82, 2.24) is 15.4 Å². The SMILES string of the molecule is Cc1cnc(C(NN)C2=CCCCC2)nc1. The Kier molecular flexibility index (Phi) is 3.64. The summed E-state index contributed by atoms with van der Waals surface area (Å²) in [5.74, 6) is 6.37. The summed E-state index contributed by atoms with van der Waals surface area (Å²) in [4.78, 5) is 8.66. The van der Waals surface area contributed by atoms with Crippen LogP contribution < -0.4 is 11.3 Å². The molecule has 0 radical (unpaired) electrons. The number of hydrogen-bond acceptors (Lipinski definition) is 4. The molecule has 1 aliphatic rings. The van der Waals surface area contributed by atoms with Gasteiger partial charge in [0.2, 0.25) is 0 Å². The van der Waals surface area contributed by atoms with Crippen molar-refractivity contribution in [1.29, 1.82) is 0 Å². The fourth-order valence-electron chi connectivity index (χ4n) is 2.02. The molecule has 1 aromatic heterocycles. The van der Waals surface area contributed by atoms with Gasteiger partial charge in [0.25, 0.3) is 0 Å². The zero-order valence-corrected chi connectivity index (χ0v) is 9.61. The van der Waals surface area contributed by atoms with Crippen LogP contribution in [0.25, 0.3) is 0 Å². The lowest BCUT2D eigenvalue weighted by atomic mass is 9.94. The summed E-state index contributed by atoms with van der Waals surface area (Å²) in [7, 11) is 0. The van der Waals surface area contributed by atoms with Crippen LogP contribution >= 0.6 is 0 Å². The molecule has 3 N–H and O–H groups in total.